The number of aliphatic hydroxyl groups is 1. The van der Waals surface area contributed by atoms with Crippen LogP contribution in [-0.2, 0) is 27.5 Å². The fourth-order valence-electron chi connectivity index (χ4n) is 9.78. The number of ketones is 1. The van der Waals surface area contributed by atoms with Gasteiger partial charge in [-0.05, 0) is 73.1 Å². The van der Waals surface area contributed by atoms with Crippen LogP contribution in [0.4, 0.5) is 8.78 Å². The van der Waals surface area contributed by atoms with Crippen LogP contribution in [0.1, 0.15) is 44.2 Å². The van der Waals surface area contributed by atoms with Crippen LogP contribution >= 0.6 is 11.6 Å². The molecule has 1 N–H and O–H groups in total. The Morgan fingerprint density at radius 1 is 1.09 bits per heavy atom. The molecule has 2 aromatic carbocycles. The monoisotopic (exact) mass is 636 g/mol. The lowest BCUT2D eigenvalue weighted by molar-refractivity contribution is -0.273. The molecule has 0 aromatic heterocycles. The molecule has 4 fully saturated rings. The number of amides is 1. The van der Waals surface area contributed by atoms with E-state index in [1.54, 1.807) is 18.9 Å². The third kappa shape index (κ3) is 4.28. The van der Waals surface area contributed by atoms with Crippen LogP contribution in [0.5, 0.6) is 0 Å². The Balaban J connectivity index is 1.29. The van der Waals surface area contributed by atoms with Crippen LogP contribution in [-0.4, -0.2) is 63.9 Å². The molecule has 1 amide bonds. The summed E-state index contributed by atoms with van der Waals surface area (Å²) in [6.07, 6.45) is 1.13. The number of benzene rings is 2. The number of alkyl halides is 2. The number of carbonyl (C=O) groups excluding carboxylic acids is 2. The summed E-state index contributed by atoms with van der Waals surface area (Å²) in [5, 5.41) is 14.3. The van der Waals surface area contributed by atoms with Gasteiger partial charge in [-0.15, -0.1) is 0 Å². The van der Waals surface area contributed by atoms with E-state index in [-0.39, 0.29) is 36.0 Å². The minimum absolute atomic E-state index is 0.0392. The van der Waals surface area contributed by atoms with Crippen molar-refractivity contribution in [1.29, 1.82) is 0 Å². The van der Waals surface area contributed by atoms with Crippen LogP contribution in [0.15, 0.2) is 78.4 Å². The lowest BCUT2D eigenvalue weighted by Gasteiger charge is -2.63. The number of allylic oxidation sites excluding steroid dienone is 4. The van der Waals surface area contributed by atoms with Gasteiger partial charge in [-0.3, -0.25) is 14.4 Å². The number of hydroxylamine groups is 2. The Bertz CT molecular complexity index is 1590. The molecule has 0 spiro atoms. The molecule has 45 heavy (non-hydrogen) atoms. The van der Waals surface area contributed by atoms with Gasteiger partial charge >= 0.3 is 0 Å². The van der Waals surface area contributed by atoms with E-state index in [0.29, 0.717) is 31.1 Å². The van der Waals surface area contributed by atoms with E-state index in [2.05, 4.69) is 0 Å². The second-order valence-corrected chi connectivity index (χ2v) is 14.7. The fraction of sp³-hybridized carbons (Fsp3) is 0.500. The molecule has 6 nitrogen and oxygen atoms in total. The molecule has 9 heteroatoms. The highest BCUT2D eigenvalue weighted by Gasteiger charge is 2.80. The lowest BCUT2D eigenvalue weighted by atomic mass is 9.44. The zero-order valence-corrected chi connectivity index (χ0v) is 26.5. The van der Waals surface area contributed by atoms with E-state index < -0.39 is 46.2 Å². The van der Waals surface area contributed by atoms with Gasteiger partial charge in [0.15, 0.2) is 17.1 Å². The van der Waals surface area contributed by atoms with Crippen molar-refractivity contribution < 1.29 is 28.3 Å². The van der Waals surface area contributed by atoms with Gasteiger partial charge in [0.25, 0.3) is 5.91 Å². The van der Waals surface area contributed by atoms with Crippen molar-refractivity contribution in [2.24, 2.45) is 28.6 Å². The highest BCUT2D eigenvalue weighted by Crippen LogP contribution is 2.72. The van der Waals surface area contributed by atoms with Crippen LogP contribution in [0.25, 0.3) is 0 Å². The molecule has 2 aromatic rings. The first-order chi connectivity index (χ1) is 21.3. The van der Waals surface area contributed by atoms with E-state index in [0.717, 1.165) is 11.1 Å². The van der Waals surface area contributed by atoms with Crippen molar-refractivity contribution in [3.05, 3.63) is 94.5 Å². The maximum atomic E-state index is 17.8. The summed E-state index contributed by atoms with van der Waals surface area (Å²) in [6.45, 7) is 4.73. The van der Waals surface area contributed by atoms with Crippen molar-refractivity contribution in [2.45, 2.75) is 69.7 Å². The number of carbonyl (C=O) groups is 2. The number of halogens is 3. The number of aliphatic hydroxyl groups excluding tert-OH is 1. The lowest BCUT2D eigenvalue weighted by Crippen LogP contribution is -2.71. The molecule has 4 aliphatic carbocycles. The standard InChI is InChI=1S/C36H39ClF2N2O4/c1-33-14-13-26(42)16-29(33)30(38)17-28-27-15-24-21-41(20-23-9-11-25(37)12-10-23)45-36(24,34(27,2)18-31(43)35(28,33)39)32(44)40(3)19-22-7-5-4-6-8-22/h4-14,16,24,27-28,30-31,43H,15,17-21H2,1-3H3/t24-,27?,28-,30-,31-,33-,34-,35-,36-/m0/s1. The zero-order chi connectivity index (χ0) is 31.9. The molecule has 1 heterocycles. The summed E-state index contributed by atoms with van der Waals surface area (Å²) in [5.74, 6) is -2.24. The fourth-order valence-corrected chi connectivity index (χ4v) is 9.91. The van der Waals surface area contributed by atoms with Crippen molar-refractivity contribution in [3.8, 4) is 0 Å². The predicted molar refractivity (Wildman–Crippen MR) is 166 cm³/mol. The van der Waals surface area contributed by atoms with E-state index >= 15 is 8.78 Å². The number of hydrogen-bond acceptors (Lipinski definition) is 5. The van der Waals surface area contributed by atoms with Gasteiger partial charge in [0.05, 0.1) is 6.10 Å². The van der Waals surface area contributed by atoms with Gasteiger partial charge in [0, 0.05) is 54.4 Å². The largest absolute Gasteiger partial charge is 0.390 e. The minimum atomic E-state index is -2.22. The summed E-state index contributed by atoms with van der Waals surface area (Å²) < 4.78 is 33.8. The second-order valence-electron chi connectivity index (χ2n) is 14.2. The van der Waals surface area contributed by atoms with E-state index in [4.69, 9.17) is 16.4 Å². The van der Waals surface area contributed by atoms with Crippen molar-refractivity contribution in [1.82, 2.24) is 9.96 Å². The molecule has 1 saturated heterocycles. The number of nitrogens with zero attached hydrogens (tertiary/aromatic N) is 2. The minimum Gasteiger partial charge on any atom is -0.390 e. The SMILES string of the molecule is CN(Cc1ccccc1)C(=O)[C@@]12ON(Cc3ccc(Cl)cc3)C[C@@H]1CC1[C@@H]3C[C@H](F)C4=CC(=O)C=C[C@]4(C)[C@@]3(F)[C@@H](O)C[C@@]12C. The molecular formula is C36H39ClF2N2O4. The first kappa shape index (κ1) is 30.7. The average Bonchev–Trinajstić information content (AvgIpc) is 3.48. The topological polar surface area (TPSA) is 70.1 Å². The molecular weight excluding hydrogens is 598 g/mol. The summed E-state index contributed by atoms with van der Waals surface area (Å²) in [6, 6.07) is 17.1. The Morgan fingerprint density at radius 3 is 2.51 bits per heavy atom. The first-order valence-corrected chi connectivity index (χ1v) is 16.2. The van der Waals surface area contributed by atoms with Gasteiger partial charge in [-0.25, -0.2) is 8.78 Å². The van der Waals surface area contributed by atoms with Gasteiger partial charge in [-0.2, -0.15) is 5.06 Å². The van der Waals surface area contributed by atoms with E-state index in [1.807, 2.05) is 66.6 Å². The van der Waals surface area contributed by atoms with Crippen LogP contribution in [0.3, 0.4) is 0 Å². The summed E-state index contributed by atoms with van der Waals surface area (Å²) in [7, 11) is 1.75. The molecule has 5 aliphatic rings. The molecule has 7 rings (SSSR count). The average molecular weight is 637 g/mol. The number of rotatable bonds is 5. The normalized spacial score (nSPS) is 40.3. The Labute approximate surface area is 267 Å². The van der Waals surface area contributed by atoms with Gasteiger partial charge in [0.2, 0.25) is 0 Å². The molecule has 238 valence electrons. The molecule has 9 atom stereocenters. The number of fused-ring (bicyclic) bond motifs is 7. The number of likely N-dealkylation sites (N-methyl/N-ethyl adjacent to an activating group) is 1. The van der Waals surface area contributed by atoms with Gasteiger partial charge in [-0.1, -0.05) is 67.1 Å². The number of hydrogen-bond donors (Lipinski definition) is 1. The maximum Gasteiger partial charge on any atom is 0.257 e. The quantitative estimate of drug-likeness (QED) is 0.434. The van der Waals surface area contributed by atoms with Crippen LogP contribution in [0.2, 0.25) is 5.02 Å². The Morgan fingerprint density at radius 2 is 1.80 bits per heavy atom. The molecule has 3 saturated carbocycles. The summed E-state index contributed by atoms with van der Waals surface area (Å²) in [4.78, 5) is 35.6. The third-order valence-corrected chi connectivity index (χ3v) is 12.1. The van der Waals surface area contributed by atoms with E-state index in [1.165, 1.54) is 18.2 Å². The highest BCUT2D eigenvalue weighted by molar-refractivity contribution is 6.30. The smallest absolute Gasteiger partial charge is 0.257 e. The van der Waals surface area contributed by atoms with Crippen molar-refractivity contribution in [2.75, 3.05) is 13.6 Å². The van der Waals surface area contributed by atoms with Crippen molar-refractivity contribution >= 4 is 23.3 Å². The molecule has 1 unspecified atom stereocenters. The Hall–Kier alpha value is -2.91. The molecule has 0 bridgehead atoms. The van der Waals surface area contributed by atoms with Crippen LogP contribution < -0.4 is 0 Å². The molecule has 0 radical (unpaired) electrons. The molecule has 1 aliphatic heterocycles. The highest BCUT2D eigenvalue weighted by atomic mass is 35.5. The first-order valence-electron chi connectivity index (χ1n) is 15.8. The van der Waals surface area contributed by atoms with Crippen LogP contribution in [0, 0.1) is 28.6 Å². The zero-order valence-electron chi connectivity index (χ0n) is 25.8. The predicted octanol–water partition coefficient (Wildman–Crippen LogP) is 6.03. The van der Waals surface area contributed by atoms with Gasteiger partial charge < -0.3 is 10.0 Å². The maximum absolute atomic E-state index is 17.8. The third-order valence-electron chi connectivity index (χ3n) is 11.9. The summed E-state index contributed by atoms with van der Waals surface area (Å²) in [5.41, 5.74) is -4.08. The second kappa shape index (κ2) is 10.6. The van der Waals surface area contributed by atoms with Crippen molar-refractivity contribution in [3.63, 3.8) is 0 Å². The van der Waals surface area contributed by atoms with Gasteiger partial charge in [0.1, 0.15) is 6.17 Å². The van der Waals surface area contributed by atoms with E-state index in [9.17, 15) is 14.7 Å². The Kier molecular flexibility index (Phi) is 7.21. The summed E-state index contributed by atoms with van der Waals surface area (Å²) >= 11 is 6.12.